The van der Waals surface area contributed by atoms with E-state index in [0.717, 1.165) is 23.0 Å². The summed E-state index contributed by atoms with van der Waals surface area (Å²) in [6, 6.07) is 7.36. The minimum Gasteiger partial charge on any atom is -0.480 e. The van der Waals surface area contributed by atoms with E-state index >= 15 is 0 Å². The predicted molar refractivity (Wildman–Crippen MR) is 80.7 cm³/mol. The lowest BCUT2D eigenvalue weighted by atomic mass is 10.2. The van der Waals surface area contributed by atoms with E-state index in [9.17, 15) is 9.90 Å². The molecule has 1 aromatic carbocycles. The molecule has 1 aliphatic rings. The molecule has 0 amide bonds. The number of aromatic nitrogens is 1. The summed E-state index contributed by atoms with van der Waals surface area (Å²) in [5.74, 6) is 0.483. The molecule has 1 saturated heterocycles. The Labute approximate surface area is 130 Å². The highest BCUT2D eigenvalue weighted by Crippen LogP contribution is 2.25. The largest absolute Gasteiger partial charge is 0.480 e. The van der Waals surface area contributed by atoms with Crippen molar-refractivity contribution in [1.29, 1.82) is 0 Å². The van der Waals surface area contributed by atoms with Crippen molar-refractivity contribution in [3.63, 3.8) is 0 Å². The summed E-state index contributed by atoms with van der Waals surface area (Å²) in [6.07, 6.45) is 3.28. The number of carboxylic acid groups (broad SMARTS) is 1. The molecule has 6 heteroatoms. The lowest BCUT2D eigenvalue weighted by Crippen LogP contribution is -2.35. The van der Waals surface area contributed by atoms with E-state index in [-0.39, 0.29) is 0 Å². The molecule has 0 bridgehead atoms. The molecule has 0 radical (unpaired) electrons. The minimum atomic E-state index is -0.771. The van der Waals surface area contributed by atoms with E-state index in [1.54, 1.807) is 6.20 Å². The zero-order valence-electron chi connectivity index (χ0n) is 11.3. The maximum atomic E-state index is 11.2. The van der Waals surface area contributed by atoms with Gasteiger partial charge in [-0.3, -0.25) is 9.69 Å². The molecule has 110 valence electrons. The standard InChI is InChI=1S/C15H15BrN2O3/c16-11-5-3-10(4-6-11)13-8-17-14(21-13)9-18-7-1-2-12(18)15(19)20/h3-6,8,12H,1-2,7,9H2,(H,19,20)/t12-/m1/s1. The fourth-order valence-electron chi connectivity index (χ4n) is 2.60. The van der Waals surface area contributed by atoms with Crippen molar-refractivity contribution in [2.24, 2.45) is 0 Å². The van der Waals surface area contributed by atoms with Crippen LogP contribution >= 0.6 is 15.9 Å². The first-order valence-corrected chi connectivity index (χ1v) is 7.60. The van der Waals surface area contributed by atoms with Crippen LogP contribution in [0.3, 0.4) is 0 Å². The molecule has 1 atom stereocenters. The second-order valence-corrected chi connectivity index (χ2v) is 6.01. The fourth-order valence-corrected chi connectivity index (χ4v) is 2.86. The van der Waals surface area contributed by atoms with Crippen molar-refractivity contribution in [2.75, 3.05) is 6.54 Å². The number of aliphatic carboxylic acids is 1. The van der Waals surface area contributed by atoms with E-state index in [1.807, 2.05) is 29.2 Å². The van der Waals surface area contributed by atoms with Crippen LogP contribution in [0.4, 0.5) is 0 Å². The SMILES string of the molecule is O=C(O)[C@H]1CCCN1Cc1ncc(-c2ccc(Br)cc2)o1. The van der Waals surface area contributed by atoms with Gasteiger partial charge < -0.3 is 9.52 Å². The topological polar surface area (TPSA) is 66.6 Å². The van der Waals surface area contributed by atoms with Crippen molar-refractivity contribution in [3.05, 3.63) is 40.8 Å². The van der Waals surface area contributed by atoms with E-state index in [4.69, 9.17) is 4.42 Å². The average molecular weight is 351 g/mol. The summed E-state index contributed by atoms with van der Waals surface area (Å²) in [6.45, 7) is 1.21. The van der Waals surface area contributed by atoms with Gasteiger partial charge in [-0.25, -0.2) is 4.98 Å². The molecular weight excluding hydrogens is 336 g/mol. The molecule has 2 aromatic rings. The number of rotatable bonds is 4. The Morgan fingerprint density at radius 1 is 1.43 bits per heavy atom. The molecule has 0 spiro atoms. The van der Waals surface area contributed by atoms with E-state index < -0.39 is 12.0 Å². The number of likely N-dealkylation sites (tertiary alicyclic amines) is 1. The number of halogens is 1. The van der Waals surface area contributed by atoms with Crippen LogP contribution in [0.2, 0.25) is 0 Å². The zero-order chi connectivity index (χ0) is 14.8. The number of carboxylic acids is 1. The zero-order valence-corrected chi connectivity index (χ0v) is 12.9. The molecule has 1 N–H and O–H groups in total. The van der Waals surface area contributed by atoms with Crippen LogP contribution in [0.25, 0.3) is 11.3 Å². The van der Waals surface area contributed by atoms with Crippen LogP contribution in [0, 0.1) is 0 Å². The van der Waals surface area contributed by atoms with Gasteiger partial charge in [0.05, 0.1) is 12.7 Å². The van der Waals surface area contributed by atoms with Crippen LogP contribution in [-0.4, -0.2) is 33.5 Å². The molecule has 0 saturated carbocycles. The first kappa shape index (κ1) is 14.3. The number of benzene rings is 1. The third-order valence-electron chi connectivity index (χ3n) is 3.67. The third-order valence-corrected chi connectivity index (χ3v) is 4.20. The Morgan fingerprint density at radius 2 is 2.19 bits per heavy atom. The number of oxazole rings is 1. The average Bonchev–Trinajstić information content (AvgIpc) is 3.09. The van der Waals surface area contributed by atoms with Gasteiger partial charge in [-0.05, 0) is 31.5 Å². The van der Waals surface area contributed by atoms with Gasteiger partial charge in [-0.1, -0.05) is 28.1 Å². The predicted octanol–water partition coefficient (Wildman–Crippen LogP) is 3.15. The molecule has 0 unspecified atom stereocenters. The monoisotopic (exact) mass is 350 g/mol. The number of hydrogen-bond acceptors (Lipinski definition) is 4. The highest BCUT2D eigenvalue weighted by Gasteiger charge is 2.31. The Hall–Kier alpha value is -1.66. The summed E-state index contributed by atoms with van der Waals surface area (Å²) in [5, 5.41) is 9.17. The number of nitrogens with zero attached hydrogens (tertiary/aromatic N) is 2. The van der Waals surface area contributed by atoms with E-state index in [1.165, 1.54) is 0 Å². The highest BCUT2D eigenvalue weighted by molar-refractivity contribution is 9.10. The quantitative estimate of drug-likeness (QED) is 0.917. The Kier molecular flexibility index (Phi) is 4.07. The first-order chi connectivity index (χ1) is 10.1. The Bertz CT molecular complexity index is 639. The molecule has 5 nitrogen and oxygen atoms in total. The van der Waals surface area contributed by atoms with Gasteiger partial charge in [-0.15, -0.1) is 0 Å². The molecule has 1 fully saturated rings. The van der Waals surface area contributed by atoms with Gasteiger partial charge in [0.1, 0.15) is 6.04 Å². The second-order valence-electron chi connectivity index (χ2n) is 5.09. The van der Waals surface area contributed by atoms with Gasteiger partial charge in [0.25, 0.3) is 0 Å². The molecule has 1 aliphatic heterocycles. The summed E-state index contributed by atoms with van der Waals surface area (Å²) in [4.78, 5) is 17.3. The molecule has 3 rings (SSSR count). The van der Waals surface area contributed by atoms with Crippen molar-refractivity contribution in [3.8, 4) is 11.3 Å². The van der Waals surface area contributed by atoms with Crippen LogP contribution in [0.15, 0.2) is 39.4 Å². The van der Waals surface area contributed by atoms with Gasteiger partial charge >= 0.3 is 5.97 Å². The fraction of sp³-hybridized carbons (Fsp3) is 0.333. The third kappa shape index (κ3) is 3.16. The number of hydrogen-bond donors (Lipinski definition) is 1. The van der Waals surface area contributed by atoms with Crippen LogP contribution < -0.4 is 0 Å². The van der Waals surface area contributed by atoms with Gasteiger partial charge in [0.15, 0.2) is 5.76 Å². The normalized spacial score (nSPS) is 19.0. The maximum absolute atomic E-state index is 11.2. The highest BCUT2D eigenvalue weighted by atomic mass is 79.9. The van der Waals surface area contributed by atoms with Crippen molar-refractivity contribution in [2.45, 2.75) is 25.4 Å². The van der Waals surface area contributed by atoms with E-state index in [2.05, 4.69) is 20.9 Å². The summed E-state index contributed by atoms with van der Waals surface area (Å²) < 4.78 is 6.75. The lowest BCUT2D eigenvalue weighted by molar-refractivity contribution is -0.142. The Morgan fingerprint density at radius 3 is 2.90 bits per heavy atom. The smallest absolute Gasteiger partial charge is 0.320 e. The molecule has 0 aliphatic carbocycles. The van der Waals surface area contributed by atoms with Crippen molar-refractivity contribution < 1.29 is 14.3 Å². The Balaban J connectivity index is 1.73. The van der Waals surface area contributed by atoms with Crippen molar-refractivity contribution in [1.82, 2.24) is 9.88 Å². The first-order valence-electron chi connectivity index (χ1n) is 6.81. The van der Waals surface area contributed by atoms with Crippen molar-refractivity contribution >= 4 is 21.9 Å². The van der Waals surface area contributed by atoms with Crippen LogP contribution in [0.5, 0.6) is 0 Å². The molecular formula is C15H15BrN2O3. The van der Waals surface area contributed by atoms with Crippen LogP contribution in [0.1, 0.15) is 18.7 Å². The van der Waals surface area contributed by atoms with E-state index in [0.29, 0.717) is 24.6 Å². The summed E-state index contributed by atoms with van der Waals surface area (Å²) in [7, 11) is 0. The number of carbonyl (C=O) groups is 1. The maximum Gasteiger partial charge on any atom is 0.320 e. The second kappa shape index (κ2) is 5.99. The van der Waals surface area contributed by atoms with Gasteiger partial charge in [-0.2, -0.15) is 0 Å². The van der Waals surface area contributed by atoms with Gasteiger partial charge in [0.2, 0.25) is 5.89 Å². The lowest BCUT2D eigenvalue weighted by Gasteiger charge is -2.18. The molecule has 2 heterocycles. The summed E-state index contributed by atoms with van der Waals surface area (Å²) >= 11 is 3.39. The minimum absolute atomic E-state index is 0.423. The molecule has 21 heavy (non-hydrogen) atoms. The van der Waals surface area contributed by atoms with Crippen LogP contribution in [-0.2, 0) is 11.3 Å². The molecule has 1 aromatic heterocycles. The summed E-state index contributed by atoms with van der Waals surface area (Å²) in [5.41, 5.74) is 0.952. The van der Waals surface area contributed by atoms with Gasteiger partial charge in [0, 0.05) is 10.0 Å².